The lowest BCUT2D eigenvalue weighted by Crippen LogP contribution is -2.36. The molecule has 1 aliphatic heterocycles. The van der Waals surface area contributed by atoms with Crippen LogP contribution in [-0.2, 0) is 4.79 Å². The molecule has 0 aromatic heterocycles. The highest BCUT2D eigenvalue weighted by Crippen LogP contribution is 2.31. The normalized spacial score (nSPS) is 20.8. The summed E-state index contributed by atoms with van der Waals surface area (Å²) in [6.45, 7) is 2.63. The number of ether oxygens (including phenoxy) is 2. The zero-order chi connectivity index (χ0) is 14.5. The monoisotopic (exact) mass is 278 g/mol. The van der Waals surface area contributed by atoms with Crippen LogP contribution in [0.25, 0.3) is 0 Å². The van der Waals surface area contributed by atoms with Crippen LogP contribution in [0.3, 0.4) is 0 Å². The van der Waals surface area contributed by atoms with Gasteiger partial charge in [0.1, 0.15) is 0 Å². The Bertz CT molecular complexity index is 474. The van der Waals surface area contributed by atoms with E-state index in [0.717, 1.165) is 31.4 Å². The van der Waals surface area contributed by atoms with Gasteiger partial charge in [-0.1, -0.05) is 6.07 Å². The molecule has 3 N–H and O–H groups in total. The van der Waals surface area contributed by atoms with Gasteiger partial charge in [0.25, 0.3) is 5.91 Å². The van der Waals surface area contributed by atoms with E-state index in [1.54, 1.807) is 7.11 Å². The maximum Gasteiger partial charge on any atom is 0.261 e. The average molecular weight is 278 g/mol. The molecule has 110 valence electrons. The van der Waals surface area contributed by atoms with Gasteiger partial charge in [0, 0.05) is 12.6 Å². The molecule has 2 atom stereocenters. The highest BCUT2D eigenvalue weighted by Gasteiger charge is 2.23. The highest BCUT2D eigenvalue weighted by atomic mass is 16.5. The maximum atomic E-state index is 11.9. The van der Waals surface area contributed by atoms with E-state index >= 15 is 0 Å². The molecule has 1 heterocycles. The summed E-state index contributed by atoms with van der Waals surface area (Å²) < 4.78 is 11.2. The Morgan fingerprint density at radius 1 is 1.35 bits per heavy atom. The molecule has 5 nitrogen and oxygen atoms in total. The van der Waals surface area contributed by atoms with Crippen molar-refractivity contribution >= 4 is 5.91 Å². The predicted molar refractivity (Wildman–Crippen MR) is 76.9 cm³/mol. The van der Waals surface area contributed by atoms with Crippen molar-refractivity contribution in [2.45, 2.75) is 38.3 Å². The number of methoxy groups -OCH3 is 1. The van der Waals surface area contributed by atoms with Crippen LogP contribution < -0.4 is 20.5 Å². The quantitative estimate of drug-likeness (QED) is 0.880. The largest absolute Gasteiger partial charge is 0.493 e. The Morgan fingerprint density at radius 2 is 2.15 bits per heavy atom. The number of carbonyl (C=O) groups excluding carboxylic acids is 1. The Hall–Kier alpha value is -1.75. The van der Waals surface area contributed by atoms with E-state index in [1.807, 2.05) is 25.1 Å². The molecule has 0 radical (unpaired) electrons. The van der Waals surface area contributed by atoms with Crippen LogP contribution in [0.5, 0.6) is 11.5 Å². The Morgan fingerprint density at radius 3 is 2.85 bits per heavy atom. The van der Waals surface area contributed by atoms with E-state index in [9.17, 15) is 4.79 Å². The van der Waals surface area contributed by atoms with Crippen LogP contribution in [0.1, 0.15) is 37.8 Å². The first-order chi connectivity index (χ1) is 9.61. The fraction of sp³-hybridized carbons (Fsp3) is 0.533. The molecule has 1 saturated heterocycles. The van der Waals surface area contributed by atoms with Gasteiger partial charge in [-0.3, -0.25) is 4.79 Å². The van der Waals surface area contributed by atoms with Gasteiger partial charge in [-0.2, -0.15) is 0 Å². The minimum absolute atomic E-state index is 0.0548. The summed E-state index contributed by atoms with van der Waals surface area (Å²) in [6, 6.07) is 5.50. The number of benzene rings is 1. The third-order valence-electron chi connectivity index (χ3n) is 3.47. The third-order valence-corrected chi connectivity index (χ3v) is 3.47. The summed E-state index contributed by atoms with van der Waals surface area (Å²) in [6.07, 6.45) is 2.24. The number of rotatable bonds is 4. The zero-order valence-electron chi connectivity index (χ0n) is 12.0. The number of hydrogen-bond donors (Lipinski definition) is 2. The SMILES string of the molecule is COc1cc([C@H](C)N)ccc1OC1CCCCNC1=O. The van der Waals surface area contributed by atoms with Gasteiger partial charge in [-0.05, 0) is 43.9 Å². The molecule has 0 saturated carbocycles. The van der Waals surface area contributed by atoms with E-state index in [4.69, 9.17) is 15.2 Å². The van der Waals surface area contributed by atoms with E-state index < -0.39 is 6.10 Å². The standard InChI is InChI=1S/C15H22N2O3/c1-10(16)11-6-7-12(14(9-11)19-2)20-13-5-3-4-8-17-15(13)18/h6-7,9-10,13H,3-5,8,16H2,1-2H3,(H,17,18)/t10-,13?/m0/s1. The first-order valence-corrected chi connectivity index (χ1v) is 6.99. The smallest absolute Gasteiger partial charge is 0.261 e. The van der Waals surface area contributed by atoms with Crippen molar-refractivity contribution in [3.8, 4) is 11.5 Å². The van der Waals surface area contributed by atoms with E-state index in [-0.39, 0.29) is 11.9 Å². The van der Waals surface area contributed by atoms with Gasteiger partial charge >= 0.3 is 0 Å². The van der Waals surface area contributed by atoms with Crippen LogP contribution in [0, 0.1) is 0 Å². The Kier molecular flexibility index (Phi) is 4.84. The summed E-state index contributed by atoms with van der Waals surface area (Å²) >= 11 is 0. The molecule has 0 aliphatic carbocycles. The number of amides is 1. The number of hydrogen-bond acceptors (Lipinski definition) is 4. The Balaban J connectivity index is 2.17. The average Bonchev–Trinajstić information content (AvgIpc) is 2.64. The first-order valence-electron chi connectivity index (χ1n) is 6.99. The molecule has 0 bridgehead atoms. The minimum atomic E-state index is -0.451. The molecular formula is C15H22N2O3. The zero-order valence-corrected chi connectivity index (χ0v) is 12.0. The molecule has 1 unspecified atom stereocenters. The van der Waals surface area contributed by atoms with Crippen LogP contribution in [-0.4, -0.2) is 25.7 Å². The summed E-state index contributed by atoms with van der Waals surface area (Å²) in [4.78, 5) is 11.9. The summed E-state index contributed by atoms with van der Waals surface area (Å²) in [7, 11) is 1.58. The van der Waals surface area contributed by atoms with Crippen LogP contribution in [0.2, 0.25) is 0 Å². The lowest BCUT2D eigenvalue weighted by molar-refractivity contribution is -0.127. The van der Waals surface area contributed by atoms with Crippen molar-refractivity contribution < 1.29 is 14.3 Å². The molecule has 5 heteroatoms. The molecule has 1 aliphatic rings. The van der Waals surface area contributed by atoms with Crippen molar-refractivity contribution in [1.29, 1.82) is 0 Å². The van der Waals surface area contributed by atoms with Crippen LogP contribution >= 0.6 is 0 Å². The predicted octanol–water partition coefficient (Wildman–Crippen LogP) is 1.76. The van der Waals surface area contributed by atoms with Gasteiger partial charge in [-0.15, -0.1) is 0 Å². The van der Waals surface area contributed by atoms with Crippen molar-refractivity contribution in [1.82, 2.24) is 5.32 Å². The van der Waals surface area contributed by atoms with Crippen molar-refractivity contribution in [2.75, 3.05) is 13.7 Å². The topological polar surface area (TPSA) is 73.6 Å². The lowest BCUT2D eigenvalue weighted by atomic mass is 10.1. The summed E-state index contributed by atoms with van der Waals surface area (Å²) in [5.74, 6) is 1.14. The van der Waals surface area contributed by atoms with Gasteiger partial charge in [0.2, 0.25) is 0 Å². The van der Waals surface area contributed by atoms with Crippen molar-refractivity contribution in [3.05, 3.63) is 23.8 Å². The fourth-order valence-electron chi connectivity index (χ4n) is 2.24. The molecule has 20 heavy (non-hydrogen) atoms. The molecule has 0 spiro atoms. The maximum absolute atomic E-state index is 11.9. The van der Waals surface area contributed by atoms with E-state index in [1.165, 1.54) is 0 Å². The van der Waals surface area contributed by atoms with Gasteiger partial charge in [0.05, 0.1) is 7.11 Å². The minimum Gasteiger partial charge on any atom is -0.493 e. The van der Waals surface area contributed by atoms with Crippen LogP contribution in [0.4, 0.5) is 0 Å². The van der Waals surface area contributed by atoms with Crippen molar-refractivity contribution in [3.63, 3.8) is 0 Å². The van der Waals surface area contributed by atoms with Gasteiger partial charge in [0.15, 0.2) is 17.6 Å². The second kappa shape index (κ2) is 6.61. The molecule has 2 rings (SSSR count). The van der Waals surface area contributed by atoms with E-state index in [0.29, 0.717) is 11.5 Å². The molecule has 1 amide bonds. The molecule has 1 aromatic rings. The highest BCUT2D eigenvalue weighted by molar-refractivity contribution is 5.81. The number of carbonyl (C=O) groups is 1. The van der Waals surface area contributed by atoms with Gasteiger partial charge < -0.3 is 20.5 Å². The van der Waals surface area contributed by atoms with Crippen LogP contribution in [0.15, 0.2) is 18.2 Å². The second-order valence-electron chi connectivity index (χ2n) is 5.09. The number of nitrogens with two attached hydrogens (primary N) is 1. The third kappa shape index (κ3) is 3.42. The summed E-state index contributed by atoms with van der Waals surface area (Å²) in [5.41, 5.74) is 6.83. The molecule has 1 fully saturated rings. The lowest BCUT2D eigenvalue weighted by Gasteiger charge is -2.19. The van der Waals surface area contributed by atoms with E-state index in [2.05, 4.69) is 5.32 Å². The number of nitrogens with one attached hydrogen (secondary N) is 1. The molecule has 1 aromatic carbocycles. The first kappa shape index (κ1) is 14.7. The summed E-state index contributed by atoms with van der Waals surface area (Å²) in [5, 5.41) is 2.86. The second-order valence-corrected chi connectivity index (χ2v) is 5.09. The Labute approximate surface area is 119 Å². The fourth-order valence-corrected chi connectivity index (χ4v) is 2.24. The van der Waals surface area contributed by atoms with Gasteiger partial charge in [-0.25, -0.2) is 0 Å². The van der Waals surface area contributed by atoms with Crippen molar-refractivity contribution in [2.24, 2.45) is 5.73 Å². The molecular weight excluding hydrogens is 256 g/mol.